The highest BCUT2D eigenvalue weighted by Crippen LogP contribution is 2.56. The molecule has 1 nitrogen and oxygen atoms in total. The molecule has 1 saturated heterocycles. The number of rotatable bonds is 1. The Labute approximate surface area is 85.9 Å². The van der Waals surface area contributed by atoms with Gasteiger partial charge in [0.1, 0.15) is 0 Å². The zero-order chi connectivity index (χ0) is 10.2. The lowest BCUT2D eigenvalue weighted by Gasteiger charge is -2.23. The van der Waals surface area contributed by atoms with E-state index in [-0.39, 0.29) is 5.41 Å². The van der Waals surface area contributed by atoms with Crippen LogP contribution in [0.1, 0.15) is 18.9 Å². The van der Waals surface area contributed by atoms with Crippen LogP contribution < -0.4 is 0 Å². The quantitative estimate of drug-likeness (QED) is 0.647. The lowest BCUT2D eigenvalue weighted by Crippen LogP contribution is -2.20. The van der Waals surface area contributed by atoms with E-state index in [9.17, 15) is 4.57 Å². The molecule has 1 aliphatic rings. The Bertz CT molecular complexity index is 371. The molecule has 0 spiro atoms. The van der Waals surface area contributed by atoms with E-state index < -0.39 is 7.14 Å². The van der Waals surface area contributed by atoms with Gasteiger partial charge in [0.15, 0.2) is 0 Å². The molecule has 1 aromatic carbocycles. The Morgan fingerprint density at radius 3 is 2.43 bits per heavy atom. The molecule has 0 saturated carbocycles. The Morgan fingerprint density at radius 2 is 1.93 bits per heavy atom. The molecular formula is C12H17OP. The lowest BCUT2D eigenvalue weighted by atomic mass is 9.82. The van der Waals surface area contributed by atoms with Gasteiger partial charge in [0, 0.05) is 12.3 Å². The van der Waals surface area contributed by atoms with Crippen LogP contribution in [-0.2, 0) is 9.98 Å². The first-order chi connectivity index (χ1) is 6.52. The van der Waals surface area contributed by atoms with E-state index in [1.165, 1.54) is 5.56 Å². The molecule has 0 aromatic heterocycles. The topological polar surface area (TPSA) is 17.1 Å². The molecule has 0 aliphatic carbocycles. The zero-order valence-electron chi connectivity index (χ0n) is 8.86. The molecule has 2 atom stereocenters. The van der Waals surface area contributed by atoms with Crippen LogP contribution >= 0.6 is 7.14 Å². The smallest absolute Gasteiger partial charge is 0.0857 e. The van der Waals surface area contributed by atoms with Gasteiger partial charge in [-0.15, -0.1) is 0 Å². The third kappa shape index (κ3) is 1.79. The average Bonchev–Trinajstić information content (AvgIpc) is 2.44. The third-order valence-corrected chi connectivity index (χ3v) is 5.83. The molecule has 0 bridgehead atoms. The molecule has 2 unspecified atom stereocenters. The van der Waals surface area contributed by atoms with Gasteiger partial charge in [0.25, 0.3) is 0 Å². The molecule has 0 N–H and O–H groups in total. The highest BCUT2D eigenvalue weighted by Gasteiger charge is 2.40. The van der Waals surface area contributed by atoms with Gasteiger partial charge in [-0.1, -0.05) is 37.3 Å². The SMILES string of the molecule is CC1(c2ccccc2)CCP(C)(=O)C1. The van der Waals surface area contributed by atoms with E-state index in [4.69, 9.17) is 0 Å². The minimum absolute atomic E-state index is 0.158. The summed E-state index contributed by atoms with van der Waals surface area (Å²) in [5.41, 5.74) is 1.51. The number of hydrogen-bond acceptors (Lipinski definition) is 1. The summed E-state index contributed by atoms with van der Waals surface area (Å²) in [6.45, 7) is 4.19. The largest absolute Gasteiger partial charge is 0.324 e. The van der Waals surface area contributed by atoms with Crippen molar-refractivity contribution in [2.45, 2.75) is 18.8 Å². The summed E-state index contributed by atoms with van der Waals surface area (Å²) in [7, 11) is -1.83. The second-order valence-electron chi connectivity index (χ2n) is 4.86. The maximum atomic E-state index is 12.0. The molecule has 1 heterocycles. The molecule has 14 heavy (non-hydrogen) atoms. The number of benzene rings is 1. The summed E-state index contributed by atoms with van der Waals surface area (Å²) in [4.78, 5) is 0. The Hall–Kier alpha value is -0.550. The zero-order valence-corrected chi connectivity index (χ0v) is 9.76. The fraction of sp³-hybridized carbons (Fsp3) is 0.500. The van der Waals surface area contributed by atoms with E-state index in [0.717, 1.165) is 18.7 Å². The third-order valence-electron chi connectivity index (χ3n) is 3.29. The molecular weight excluding hydrogens is 191 g/mol. The van der Waals surface area contributed by atoms with Crippen molar-refractivity contribution in [3.05, 3.63) is 35.9 Å². The van der Waals surface area contributed by atoms with Crippen molar-refractivity contribution in [1.82, 2.24) is 0 Å². The molecule has 76 valence electrons. The van der Waals surface area contributed by atoms with E-state index in [0.29, 0.717) is 0 Å². The lowest BCUT2D eigenvalue weighted by molar-refractivity contribution is 0.536. The highest BCUT2D eigenvalue weighted by atomic mass is 31.2. The molecule has 2 rings (SSSR count). The van der Waals surface area contributed by atoms with Gasteiger partial charge in [0.2, 0.25) is 0 Å². The summed E-state index contributed by atoms with van der Waals surface area (Å²) < 4.78 is 12.0. The molecule has 1 aliphatic heterocycles. The summed E-state index contributed by atoms with van der Waals surface area (Å²) in [5.74, 6) is 0. The van der Waals surface area contributed by atoms with Crippen molar-refractivity contribution < 1.29 is 4.57 Å². The fourth-order valence-electron chi connectivity index (χ4n) is 2.46. The van der Waals surface area contributed by atoms with Crippen LogP contribution in [0.25, 0.3) is 0 Å². The molecule has 2 heteroatoms. The Kier molecular flexibility index (Phi) is 2.31. The highest BCUT2D eigenvalue weighted by molar-refractivity contribution is 7.63. The van der Waals surface area contributed by atoms with E-state index >= 15 is 0 Å². The molecule has 0 amide bonds. The average molecular weight is 208 g/mol. The van der Waals surface area contributed by atoms with Gasteiger partial charge in [-0.25, -0.2) is 0 Å². The monoisotopic (exact) mass is 208 g/mol. The normalized spacial score (nSPS) is 37.3. The Morgan fingerprint density at radius 1 is 1.29 bits per heavy atom. The fourth-order valence-corrected chi connectivity index (χ4v) is 5.40. The van der Waals surface area contributed by atoms with E-state index in [1.54, 1.807) is 0 Å². The van der Waals surface area contributed by atoms with Crippen LogP contribution in [0.4, 0.5) is 0 Å². The summed E-state index contributed by atoms with van der Waals surface area (Å²) >= 11 is 0. The minimum Gasteiger partial charge on any atom is -0.324 e. The second kappa shape index (κ2) is 3.24. The first kappa shape index (κ1) is 9.98. The predicted molar refractivity (Wildman–Crippen MR) is 61.7 cm³/mol. The first-order valence-electron chi connectivity index (χ1n) is 5.13. The van der Waals surface area contributed by atoms with Gasteiger partial charge >= 0.3 is 0 Å². The molecule has 0 radical (unpaired) electrons. The number of hydrogen-bond donors (Lipinski definition) is 0. The van der Waals surface area contributed by atoms with E-state index in [2.05, 4.69) is 31.2 Å². The molecule has 1 fully saturated rings. The van der Waals surface area contributed by atoms with Crippen LogP contribution in [0.3, 0.4) is 0 Å². The Balaban J connectivity index is 2.32. The van der Waals surface area contributed by atoms with Crippen LogP contribution in [-0.4, -0.2) is 19.0 Å². The van der Waals surface area contributed by atoms with Gasteiger partial charge in [-0.2, -0.15) is 0 Å². The van der Waals surface area contributed by atoms with Crippen molar-refractivity contribution in [3.63, 3.8) is 0 Å². The maximum Gasteiger partial charge on any atom is 0.0857 e. The summed E-state index contributed by atoms with van der Waals surface area (Å²) in [6, 6.07) is 10.5. The predicted octanol–water partition coefficient (Wildman–Crippen LogP) is 3.34. The second-order valence-corrected chi connectivity index (χ2v) is 8.21. The maximum absolute atomic E-state index is 12.0. The summed E-state index contributed by atoms with van der Waals surface area (Å²) in [5, 5.41) is 0. The van der Waals surface area contributed by atoms with Crippen molar-refractivity contribution in [2.75, 3.05) is 19.0 Å². The van der Waals surface area contributed by atoms with Gasteiger partial charge in [-0.05, 0) is 24.1 Å². The van der Waals surface area contributed by atoms with E-state index in [1.807, 2.05) is 12.7 Å². The van der Waals surface area contributed by atoms with Crippen molar-refractivity contribution in [3.8, 4) is 0 Å². The van der Waals surface area contributed by atoms with Crippen LogP contribution in [0.2, 0.25) is 0 Å². The van der Waals surface area contributed by atoms with Crippen LogP contribution in [0.5, 0.6) is 0 Å². The first-order valence-corrected chi connectivity index (χ1v) is 7.65. The standard InChI is InChI=1S/C12H17OP/c1-12(8-9-14(2,13)10-12)11-6-4-3-5-7-11/h3-7H,8-10H2,1-2H3. The van der Waals surface area contributed by atoms with Crippen LogP contribution in [0, 0.1) is 0 Å². The van der Waals surface area contributed by atoms with Gasteiger partial charge in [0.05, 0.1) is 7.14 Å². The summed E-state index contributed by atoms with van der Waals surface area (Å²) in [6.07, 6.45) is 2.87. The van der Waals surface area contributed by atoms with Crippen LogP contribution in [0.15, 0.2) is 30.3 Å². The minimum atomic E-state index is -1.83. The molecule has 1 aromatic rings. The van der Waals surface area contributed by atoms with Crippen molar-refractivity contribution in [2.24, 2.45) is 0 Å². The van der Waals surface area contributed by atoms with Crippen molar-refractivity contribution >= 4 is 7.14 Å². The van der Waals surface area contributed by atoms with Gasteiger partial charge < -0.3 is 4.57 Å². The van der Waals surface area contributed by atoms with Gasteiger partial charge in [-0.3, -0.25) is 0 Å². The van der Waals surface area contributed by atoms with Crippen molar-refractivity contribution in [1.29, 1.82) is 0 Å².